The van der Waals surface area contributed by atoms with E-state index in [1.165, 1.54) is 18.2 Å². The van der Waals surface area contributed by atoms with Crippen LogP contribution in [0, 0.1) is 5.82 Å². The summed E-state index contributed by atoms with van der Waals surface area (Å²) < 4.78 is 20.0. The molecule has 2 aromatic rings. The summed E-state index contributed by atoms with van der Waals surface area (Å²) in [7, 11) is 0. The summed E-state index contributed by atoms with van der Waals surface area (Å²) in [6.45, 7) is 7.76. The monoisotopic (exact) mass is 453 g/mol. The maximum atomic E-state index is 14.5. The van der Waals surface area contributed by atoms with Gasteiger partial charge in [-0.2, -0.15) is 0 Å². The van der Waals surface area contributed by atoms with Gasteiger partial charge in [0.05, 0.1) is 13.2 Å². The molecule has 0 bridgehead atoms. The molecule has 2 aliphatic rings. The molecule has 33 heavy (non-hydrogen) atoms. The van der Waals surface area contributed by atoms with Gasteiger partial charge >= 0.3 is 0 Å². The van der Waals surface area contributed by atoms with Crippen LogP contribution >= 0.6 is 0 Å². The quantitative estimate of drug-likeness (QED) is 0.657. The summed E-state index contributed by atoms with van der Waals surface area (Å²) in [6.07, 6.45) is 5.57. The molecule has 0 spiro atoms. The van der Waals surface area contributed by atoms with Gasteiger partial charge in [0.25, 0.3) is 0 Å². The lowest BCUT2D eigenvalue weighted by molar-refractivity contribution is -0.116. The number of amides is 1. The standard InChI is InChI=1S/C27H36FN3O2/c1-22(32)31-14-8-4-2-3-7-13-29(20-23-9-5-6-10-26(23)28)21-24-19-25(11-12-27(24)31)30-15-17-33-18-16-30/h5-6,9-12,19H,2-4,7-8,13-18,20-21H2,1H3. The molecular formula is C27H36FN3O2. The number of hydrogen-bond donors (Lipinski definition) is 0. The Morgan fingerprint density at radius 1 is 0.939 bits per heavy atom. The number of halogens is 1. The Labute approximate surface area is 197 Å². The van der Waals surface area contributed by atoms with Crippen molar-refractivity contribution >= 4 is 17.3 Å². The third kappa shape index (κ3) is 6.33. The third-order valence-electron chi connectivity index (χ3n) is 6.71. The first kappa shape index (κ1) is 23.7. The average molecular weight is 454 g/mol. The van der Waals surface area contributed by atoms with Crippen molar-refractivity contribution < 1.29 is 13.9 Å². The summed E-state index contributed by atoms with van der Waals surface area (Å²) >= 11 is 0. The van der Waals surface area contributed by atoms with E-state index in [-0.39, 0.29) is 11.7 Å². The SMILES string of the molecule is CC(=O)N1CCCCCCCN(Cc2ccccc2F)Cc2cc(N3CCOCC3)ccc21. The zero-order valence-electron chi connectivity index (χ0n) is 19.8. The lowest BCUT2D eigenvalue weighted by Gasteiger charge is -2.32. The number of carbonyl (C=O) groups is 1. The van der Waals surface area contributed by atoms with Crippen LogP contribution < -0.4 is 9.80 Å². The van der Waals surface area contributed by atoms with E-state index >= 15 is 0 Å². The topological polar surface area (TPSA) is 36.0 Å². The first-order valence-corrected chi connectivity index (χ1v) is 12.3. The third-order valence-corrected chi connectivity index (χ3v) is 6.71. The van der Waals surface area contributed by atoms with E-state index in [1.807, 2.05) is 17.0 Å². The van der Waals surface area contributed by atoms with Gasteiger partial charge < -0.3 is 14.5 Å². The highest BCUT2D eigenvalue weighted by atomic mass is 19.1. The first-order valence-electron chi connectivity index (χ1n) is 12.3. The second-order valence-corrected chi connectivity index (χ2v) is 9.15. The number of hydrogen-bond acceptors (Lipinski definition) is 4. The van der Waals surface area contributed by atoms with E-state index < -0.39 is 0 Å². The number of morpholine rings is 1. The molecule has 0 aromatic heterocycles. The van der Waals surface area contributed by atoms with Gasteiger partial charge in [0.2, 0.25) is 5.91 Å². The Kier molecular flexibility index (Phi) is 8.35. The fourth-order valence-corrected chi connectivity index (χ4v) is 4.89. The zero-order valence-corrected chi connectivity index (χ0v) is 19.8. The van der Waals surface area contributed by atoms with Crippen molar-refractivity contribution in [3.05, 3.63) is 59.4 Å². The number of nitrogens with zero attached hydrogens (tertiary/aromatic N) is 3. The fourth-order valence-electron chi connectivity index (χ4n) is 4.89. The van der Waals surface area contributed by atoms with Gasteiger partial charge in [-0.1, -0.05) is 37.5 Å². The molecule has 6 heteroatoms. The Balaban J connectivity index is 1.68. The van der Waals surface area contributed by atoms with Crippen molar-refractivity contribution in [3.63, 3.8) is 0 Å². The number of ether oxygens (including phenoxy) is 1. The van der Waals surface area contributed by atoms with E-state index in [0.29, 0.717) is 13.1 Å². The van der Waals surface area contributed by atoms with Crippen LogP contribution in [-0.2, 0) is 22.6 Å². The number of fused-ring (bicyclic) bond motifs is 1. The molecule has 0 N–H and O–H groups in total. The molecule has 5 nitrogen and oxygen atoms in total. The van der Waals surface area contributed by atoms with Gasteiger partial charge in [-0.05, 0) is 49.2 Å². The molecule has 2 heterocycles. The molecule has 178 valence electrons. The van der Waals surface area contributed by atoms with Crippen molar-refractivity contribution in [1.29, 1.82) is 0 Å². The lowest BCUT2D eigenvalue weighted by Crippen LogP contribution is -2.36. The van der Waals surface area contributed by atoms with Gasteiger partial charge in [-0.3, -0.25) is 9.69 Å². The minimum absolute atomic E-state index is 0.0769. The predicted octanol–water partition coefficient (Wildman–Crippen LogP) is 4.98. The lowest BCUT2D eigenvalue weighted by atomic mass is 10.0. The second-order valence-electron chi connectivity index (χ2n) is 9.15. The van der Waals surface area contributed by atoms with Crippen LogP contribution in [-0.4, -0.2) is 50.2 Å². The molecule has 0 aliphatic carbocycles. The molecule has 0 saturated carbocycles. The largest absolute Gasteiger partial charge is 0.378 e. The Morgan fingerprint density at radius 2 is 1.67 bits per heavy atom. The molecule has 1 saturated heterocycles. The Hall–Kier alpha value is -2.44. The molecular weight excluding hydrogens is 417 g/mol. The van der Waals surface area contributed by atoms with E-state index in [0.717, 1.165) is 81.9 Å². The van der Waals surface area contributed by atoms with Crippen LogP contribution in [0.1, 0.15) is 50.2 Å². The van der Waals surface area contributed by atoms with E-state index in [1.54, 1.807) is 13.0 Å². The van der Waals surface area contributed by atoms with Crippen molar-refractivity contribution in [2.24, 2.45) is 0 Å². The summed E-state index contributed by atoms with van der Waals surface area (Å²) in [6, 6.07) is 13.5. The summed E-state index contributed by atoms with van der Waals surface area (Å²) in [5.74, 6) is -0.0793. The van der Waals surface area contributed by atoms with Crippen molar-refractivity contribution in [1.82, 2.24) is 4.90 Å². The number of anilines is 2. The molecule has 2 aromatic carbocycles. The maximum Gasteiger partial charge on any atom is 0.223 e. The highest BCUT2D eigenvalue weighted by molar-refractivity contribution is 5.92. The molecule has 0 radical (unpaired) electrons. The molecule has 2 aliphatic heterocycles. The number of benzene rings is 2. The molecule has 0 atom stereocenters. The molecule has 1 amide bonds. The van der Waals surface area contributed by atoms with Crippen LogP contribution in [0.3, 0.4) is 0 Å². The zero-order chi connectivity index (χ0) is 23.0. The smallest absolute Gasteiger partial charge is 0.223 e. The summed E-state index contributed by atoms with van der Waals surface area (Å²) in [5.41, 5.74) is 4.00. The first-order chi connectivity index (χ1) is 16.1. The Bertz CT molecular complexity index is 929. The van der Waals surface area contributed by atoms with Crippen LogP contribution in [0.15, 0.2) is 42.5 Å². The summed E-state index contributed by atoms with van der Waals surface area (Å²) in [4.78, 5) is 19.2. The molecule has 0 unspecified atom stereocenters. The van der Waals surface area contributed by atoms with Crippen LogP contribution in [0.4, 0.5) is 15.8 Å². The van der Waals surface area contributed by atoms with Crippen LogP contribution in [0.25, 0.3) is 0 Å². The Morgan fingerprint density at radius 3 is 2.42 bits per heavy atom. The van der Waals surface area contributed by atoms with Crippen LogP contribution in [0.5, 0.6) is 0 Å². The maximum absolute atomic E-state index is 14.5. The predicted molar refractivity (Wildman–Crippen MR) is 131 cm³/mol. The van der Waals surface area contributed by atoms with E-state index in [2.05, 4.69) is 28.0 Å². The van der Waals surface area contributed by atoms with E-state index in [9.17, 15) is 9.18 Å². The van der Waals surface area contributed by atoms with Crippen molar-refractivity contribution in [2.45, 2.75) is 52.1 Å². The van der Waals surface area contributed by atoms with Gasteiger partial charge in [-0.25, -0.2) is 4.39 Å². The molecule has 4 rings (SSSR count). The minimum Gasteiger partial charge on any atom is -0.378 e. The normalized spacial score (nSPS) is 18.8. The van der Waals surface area contributed by atoms with Gasteiger partial charge in [-0.15, -0.1) is 0 Å². The number of carbonyl (C=O) groups excluding carboxylic acids is 1. The van der Waals surface area contributed by atoms with Gasteiger partial charge in [0, 0.05) is 56.6 Å². The van der Waals surface area contributed by atoms with Gasteiger partial charge in [0.15, 0.2) is 0 Å². The summed E-state index contributed by atoms with van der Waals surface area (Å²) in [5, 5.41) is 0. The number of rotatable bonds is 3. The fraction of sp³-hybridized carbons (Fsp3) is 0.519. The van der Waals surface area contributed by atoms with Crippen molar-refractivity contribution in [3.8, 4) is 0 Å². The van der Waals surface area contributed by atoms with Crippen LogP contribution in [0.2, 0.25) is 0 Å². The highest BCUT2D eigenvalue weighted by Gasteiger charge is 2.21. The minimum atomic E-state index is -0.156. The van der Waals surface area contributed by atoms with Crippen molar-refractivity contribution in [2.75, 3.05) is 49.2 Å². The second kappa shape index (κ2) is 11.6. The average Bonchev–Trinajstić information content (AvgIpc) is 2.82. The molecule has 1 fully saturated rings. The van der Waals surface area contributed by atoms with Gasteiger partial charge in [0.1, 0.15) is 5.82 Å². The van der Waals surface area contributed by atoms with E-state index in [4.69, 9.17) is 4.74 Å². The highest BCUT2D eigenvalue weighted by Crippen LogP contribution is 2.30.